The van der Waals surface area contributed by atoms with Crippen LogP contribution in [0.1, 0.15) is 16.7 Å². The van der Waals surface area contributed by atoms with Crippen LogP contribution in [0.3, 0.4) is 0 Å². The van der Waals surface area contributed by atoms with E-state index in [1.165, 1.54) is 5.56 Å². The highest BCUT2D eigenvalue weighted by molar-refractivity contribution is 5.85. The van der Waals surface area contributed by atoms with E-state index in [0.717, 1.165) is 28.6 Å². The summed E-state index contributed by atoms with van der Waals surface area (Å²) in [4.78, 5) is 12.7. The lowest BCUT2D eigenvalue weighted by Crippen LogP contribution is -2.12. The van der Waals surface area contributed by atoms with Crippen molar-refractivity contribution in [1.29, 1.82) is 0 Å². The number of carbonyl (C=O) groups is 1. The van der Waals surface area contributed by atoms with Crippen LogP contribution in [0, 0.1) is 13.8 Å². The van der Waals surface area contributed by atoms with Crippen LogP contribution in [0.25, 0.3) is 6.08 Å². The summed E-state index contributed by atoms with van der Waals surface area (Å²) in [7, 11) is 2.04. The zero-order chi connectivity index (χ0) is 15.4. The van der Waals surface area contributed by atoms with Crippen LogP contribution in [0.2, 0.25) is 0 Å². The molecule has 108 valence electrons. The Hall–Kier alpha value is -2.55. The minimum absolute atomic E-state index is 0.886. The fraction of sp³-hybridized carbons (Fsp3) is 0.167. The van der Waals surface area contributed by atoms with Crippen LogP contribution in [0.4, 0.5) is 11.4 Å². The molecule has 0 saturated heterocycles. The summed E-state index contributed by atoms with van der Waals surface area (Å²) < 4.78 is 0. The molecular weight excluding hydrogens is 262 g/mol. The van der Waals surface area contributed by atoms with Crippen LogP contribution in [-0.4, -0.2) is 18.1 Å². The maximum atomic E-state index is 10.6. The first kappa shape index (κ1) is 14.9. The maximum Gasteiger partial charge on any atom is 0.328 e. The Morgan fingerprint density at radius 3 is 2.33 bits per heavy atom. The van der Waals surface area contributed by atoms with E-state index in [0.29, 0.717) is 0 Å². The second kappa shape index (κ2) is 6.27. The molecule has 21 heavy (non-hydrogen) atoms. The average Bonchev–Trinajstić information content (AvgIpc) is 2.45. The van der Waals surface area contributed by atoms with Gasteiger partial charge in [-0.2, -0.15) is 0 Å². The standard InChI is InChI=1S/C18H19NO2/c1-13-6-4-5-7-16(13)19(3)17-10-8-15(12-14(17)2)9-11-18(20)21/h4-12H,1-3H3,(H,20,21). The van der Waals surface area contributed by atoms with Crippen molar-refractivity contribution in [2.45, 2.75) is 13.8 Å². The fourth-order valence-electron chi connectivity index (χ4n) is 2.40. The van der Waals surface area contributed by atoms with Crippen molar-refractivity contribution in [1.82, 2.24) is 0 Å². The molecule has 3 heteroatoms. The van der Waals surface area contributed by atoms with E-state index in [1.54, 1.807) is 6.08 Å². The Labute approximate surface area is 125 Å². The molecule has 3 nitrogen and oxygen atoms in total. The van der Waals surface area contributed by atoms with Crippen molar-refractivity contribution in [2.75, 3.05) is 11.9 Å². The van der Waals surface area contributed by atoms with Crippen LogP contribution in [-0.2, 0) is 4.79 Å². The molecular formula is C18H19NO2. The molecule has 2 aromatic rings. The van der Waals surface area contributed by atoms with Gasteiger partial charge in [0, 0.05) is 24.5 Å². The van der Waals surface area contributed by atoms with E-state index in [9.17, 15) is 4.79 Å². The molecule has 0 aliphatic heterocycles. The number of hydrogen-bond donors (Lipinski definition) is 1. The van der Waals surface area contributed by atoms with Gasteiger partial charge in [-0.3, -0.25) is 0 Å². The highest BCUT2D eigenvalue weighted by atomic mass is 16.4. The Balaban J connectivity index is 2.33. The molecule has 0 unspecified atom stereocenters. The van der Waals surface area contributed by atoms with E-state index in [1.807, 2.05) is 44.3 Å². The van der Waals surface area contributed by atoms with Gasteiger partial charge in [0.2, 0.25) is 0 Å². The molecule has 0 aliphatic rings. The van der Waals surface area contributed by atoms with E-state index >= 15 is 0 Å². The van der Waals surface area contributed by atoms with Gasteiger partial charge in [0.25, 0.3) is 0 Å². The van der Waals surface area contributed by atoms with E-state index in [2.05, 4.69) is 24.0 Å². The quantitative estimate of drug-likeness (QED) is 0.855. The molecule has 0 bridgehead atoms. The molecule has 0 radical (unpaired) electrons. The molecule has 0 saturated carbocycles. The van der Waals surface area contributed by atoms with Gasteiger partial charge in [0.1, 0.15) is 0 Å². The summed E-state index contributed by atoms with van der Waals surface area (Å²) in [6.07, 6.45) is 2.76. The average molecular weight is 281 g/mol. The van der Waals surface area contributed by atoms with Crippen molar-refractivity contribution < 1.29 is 9.90 Å². The zero-order valence-corrected chi connectivity index (χ0v) is 12.5. The Morgan fingerprint density at radius 1 is 1.05 bits per heavy atom. The minimum Gasteiger partial charge on any atom is -0.478 e. The van der Waals surface area contributed by atoms with Gasteiger partial charge in [-0.1, -0.05) is 24.3 Å². The lowest BCUT2D eigenvalue weighted by molar-refractivity contribution is -0.131. The maximum absolute atomic E-state index is 10.6. The number of para-hydroxylation sites is 1. The SMILES string of the molecule is Cc1ccccc1N(C)c1ccc(C=CC(=O)O)cc1C. The van der Waals surface area contributed by atoms with Crippen LogP contribution >= 0.6 is 0 Å². The number of anilines is 2. The Kier molecular flexibility index (Phi) is 4.43. The van der Waals surface area contributed by atoms with Crippen molar-refractivity contribution >= 4 is 23.4 Å². The first-order valence-corrected chi connectivity index (χ1v) is 6.80. The lowest BCUT2D eigenvalue weighted by Gasteiger charge is -2.23. The predicted octanol–water partition coefficient (Wildman–Crippen LogP) is 4.17. The third-order valence-corrected chi connectivity index (χ3v) is 3.48. The van der Waals surface area contributed by atoms with Gasteiger partial charge in [0.15, 0.2) is 0 Å². The number of rotatable bonds is 4. The van der Waals surface area contributed by atoms with Crippen molar-refractivity contribution in [3.63, 3.8) is 0 Å². The van der Waals surface area contributed by atoms with Gasteiger partial charge >= 0.3 is 5.97 Å². The third kappa shape index (κ3) is 3.51. The second-order valence-corrected chi connectivity index (χ2v) is 5.06. The largest absolute Gasteiger partial charge is 0.478 e. The van der Waals surface area contributed by atoms with Crippen LogP contribution < -0.4 is 4.90 Å². The van der Waals surface area contributed by atoms with E-state index in [-0.39, 0.29) is 0 Å². The summed E-state index contributed by atoms with van der Waals surface area (Å²) in [6.45, 7) is 4.12. The normalized spacial score (nSPS) is 10.8. The van der Waals surface area contributed by atoms with Gasteiger partial charge in [-0.15, -0.1) is 0 Å². The summed E-state index contributed by atoms with van der Waals surface area (Å²) in [6, 6.07) is 14.2. The highest BCUT2D eigenvalue weighted by Gasteiger charge is 2.09. The molecule has 1 N–H and O–H groups in total. The summed E-state index contributed by atoms with van der Waals surface area (Å²) in [5.41, 5.74) is 5.48. The molecule has 0 aromatic heterocycles. The summed E-state index contributed by atoms with van der Waals surface area (Å²) in [5, 5.41) is 8.67. The molecule has 0 heterocycles. The summed E-state index contributed by atoms with van der Waals surface area (Å²) >= 11 is 0. The molecule has 0 amide bonds. The van der Waals surface area contributed by atoms with Crippen molar-refractivity contribution in [3.05, 3.63) is 65.2 Å². The Morgan fingerprint density at radius 2 is 1.71 bits per heavy atom. The first-order valence-electron chi connectivity index (χ1n) is 6.80. The highest BCUT2D eigenvalue weighted by Crippen LogP contribution is 2.29. The number of carboxylic acid groups (broad SMARTS) is 1. The van der Waals surface area contributed by atoms with Gasteiger partial charge in [0.05, 0.1) is 0 Å². The van der Waals surface area contributed by atoms with Gasteiger partial charge in [-0.05, 0) is 54.8 Å². The van der Waals surface area contributed by atoms with Gasteiger partial charge < -0.3 is 10.0 Å². The molecule has 0 fully saturated rings. The van der Waals surface area contributed by atoms with Crippen LogP contribution in [0.15, 0.2) is 48.5 Å². The third-order valence-electron chi connectivity index (χ3n) is 3.48. The number of benzene rings is 2. The lowest BCUT2D eigenvalue weighted by atomic mass is 10.1. The number of aryl methyl sites for hydroxylation is 2. The number of carboxylic acids is 1. The summed E-state index contributed by atoms with van der Waals surface area (Å²) in [5.74, 6) is -0.936. The number of aliphatic carboxylic acids is 1. The van der Waals surface area contributed by atoms with Crippen molar-refractivity contribution in [3.8, 4) is 0 Å². The first-order chi connectivity index (χ1) is 9.99. The molecule has 0 atom stereocenters. The minimum atomic E-state index is -0.936. The molecule has 2 aromatic carbocycles. The molecule has 0 spiro atoms. The smallest absolute Gasteiger partial charge is 0.328 e. The topological polar surface area (TPSA) is 40.5 Å². The number of nitrogens with zero attached hydrogens (tertiary/aromatic N) is 1. The predicted molar refractivity (Wildman–Crippen MR) is 87.1 cm³/mol. The van der Waals surface area contributed by atoms with E-state index in [4.69, 9.17) is 5.11 Å². The van der Waals surface area contributed by atoms with Crippen molar-refractivity contribution in [2.24, 2.45) is 0 Å². The van der Waals surface area contributed by atoms with Crippen LogP contribution in [0.5, 0.6) is 0 Å². The Bertz CT molecular complexity index is 689. The number of hydrogen-bond acceptors (Lipinski definition) is 2. The molecule has 0 aliphatic carbocycles. The monoisotopic (exact) mass is 281 g/mol. The van der Waals surface area contributed by atoms with Gasteiger partial charge in [-0.25, -0.2) is 4.79 Å². The zero-order valence-electron chi connectivity index (χ0n) is 12.5. The van der Waals surface area contributed by atoms with E-state index < -0.39 is 5.97 Å². The fourth-order valence-corrected chi connectivity index (χ4v) is 2.40. The molecule has 2 rings (SSSR count). The second-order valence-electron chi connectivity index (χ2n) is 5.06.